The maximum atomic E-state index is 11.8. The van der Waals surface area contributed by atoms with Crippen molar-refractivity contribution in [3.05, 3.63) is 0 Å². The summed E-state index contributed by atoms with van der Waals surface area (Å²) in [5.41, 5.74) is 0. The summed E-state index contributed by atoms with van der Waals surface area (Å²) in [6.45, 7) is 5.81. The van der Waals surface area contributed by atoms with Gasteiger partial charge >= 0.3 is 12.0 Å². The second-order valence-electron chi connectivity index (χ2n) is 4.87. The number of carboxylic acid groups (broad SMARTS) is 1. The third-order valence-corrected chi connectivity index (χ3v) is 3.37. The van der Waals surface area contributed by atoms with Crippen LogP contribution in [0, 0.1) is 5.92 Å². The SMILES string of the molecule is CC(NC(=O)NCC(=O)N1CCNCC1)C(C)C(=O)O. The molecule has 8 nitrogen and oxygen atoms in total. The zero-order valence-electron chi connectivity index (χ0n) is 11.8. The van der Waals surface area contributed by atoms with Gasteiger partial charge in [0.05, 0.1) is 12.5 Å². The van der Waals surface area contributed by atoms with Crippen LogP contribution in [0.5, 0.6) is 0 Å². The molecule has 1 heterocycles. The molecule has 0 radical (unpaired) electrons. The van der Waals surface area contributed by atoms with Gasteiger partial charge in [-0.25, -0.2) is 4.79 Å². The Balaban J connectivity index is 2.28. The molecule has 0 saturated carbocycles. The van der Waals surface area contributed by atoms with Gasteiger partial charge in [0, 0.05) is 32.2 Å². The van der Waals surface area contributed by atoms with Crippen LogP contribution >= 0.6 is 0 Å². The summed E-state index contributed by atoms with van der Waals surface area (Å²) < 4.78 is 0. The molecule has 0 aliphatic carbocycles. The van der Waals surface area contributed by atoms with Crippen LogP contribution in [0.4, 0.5) is 4.79 Å². The highest BCUT2D eigenvalue weighted by atomic mass is 16.4. The van der Waals surface area contributed by atoms with Gasteiger partial charge in [0.1, 0.15) is 0 Å². The van der Waals surface area contributed by atoms with Gasteiger partial charge in [-0.15, -0.1) is 0 Å². The van der Waals surface area contributed by atoms with E-state index in [1.807, 2.05) is 0 Å². The van der Waals surface area contributed by atoms with Crippen LogP contribution in [-0.2, 0) is 9.59 Å². The zero-order chi connectivity index (χ0) is 15.1. The minimum absolute atomic E-state index is 0.0833. The van der Waals surface area contributed by atoms with Crippen molar-refractivity contribution in [1.82, 2.24) is 20.9 Å². The standard InChI is InChI=1S/C12H22N4O4/c1-8(11(18)19)9(2)15-12(20)14-7-10(17)16-5-3-13-4-6-16/h8-9,13H,3-7H2,1-2H3,(H,18,19)(H2,14,15,20). The first kappa shape index (κ1) is 16.2. The van der Waals surface area contributed by atoms with Gasteiger partial charge in [0.25, 0.3) is 0 Å². The molecule has 8 heteroatoms. The molecule has 2 atom stereocenters. The molecule has 0 spiro atoms. The van der Waals surface area contributed by atoms with Gasteiger partial charge in [-0.3, -0.25) is 9.59 Å². The van der Waals surface area contributed by atoms with Gasteiger partial charge in [-0.1, -0.05) is 0 Å². The molecular formula is C12H22N4O4. The molecule has 1 saturated heterocycles. The maximum Gasteiger partial charge on any atom is 0.315 e. The Hall–Kier alpha value is -1.83. The number of carboxylic acids is 1. The minimum Gasteiger partial charge on any atom is -0.481 e. The van der Waals surface area contributed by atoms with E-state index in [1.54, 1.807) is 11.8 Å². The fourth-order valence-corrected chi connectivity index (χ4v) is 1.78. The number of urea groups is 1. The van der Waals surface area contributed by atoms with Crippen molar-refractivity contribution in [1.29, 1.82) is 0 Å². The third-order valence-electron chi connectivity index (χ3n) is 3.37. The first-order valence-corrected chi connectivity index (χ1v) is 6.67. The number of aliphatic carboxylic acids is 1. The van der Waals surface area contributed by atoms with Crippen LogP contribution in [0.15, 0.2) is 0 Å². The van der Waals surface area contributed by atoms with E-state index >= 15 is 0 Å². The first-order chi connectivity index (χ1) is 9.41. The Morgan fingerprint density at radius 1 is 1.25 bits per heavy atom. The highest BCUT2D eigenvalue weighted by molar-refractivity contribution is 5.84. The Labute approximate surface area is 117 Å². The Bertz CT molecular complexity index is 368. The van der Waals surface area contributed by atoms with Crippen LogP contribution in [0.25, 0.3) is 0 Å². The number of nitrogens with one attached hydrogen (secondary N) is 3. The number of rotatable bonds is 5. The molecule has 1 aliphatic rings. The largest absolute Gasteiger partial charge is 0.481 e. The van der Waals surface area contributed by atoms with Crippen molar-refractivity contribution >= 4 is 17.9 Å². The normalized spacial score (nSPS) is 18.0. The molecule has 1 rings (SSSR count). The van der Waals surface area contributed by atoms with Gasteiger partial charge in [0.15, 0.2) is 0 Å². The molecule has 0 aromatic carbocycles. The molecule has 0 aromatic rings. The molecule has 0 bridgehead atoms. The summed E-state index contributed by atoms with van der Waals surface area (Å²) in [6, 6.07) is -1.05. The molecule has 1 fully saturated rings. The second kappa shape index (κ2) is 7.68. The van der Waals surface area contributed by atoms with Crippen LogP contribution in [-0.4, -0.2) is 66.7 Å². The third kappa shape index (κ3) is 5.04. The summed E-state index contributed by atoms with van der Waals surface area (Å²) >= 11 is 0. The molecule has 114 valence electrons. The lowest BCUT2D eigenvalue weighted by Gasteiger charge is -2.27. The smallest absolute Gasteiger partial charge is 0.315 e. The monoisotopic (exact) mass is 286 g/mol. The topological polar surface area (TPSA) is 111 Å². The first-order valence-electron chi connectivity index (χ1n) is 6.67. The fourth-order valence-electron chi connectivity index (χ4n) is 1.78. The van der Waals surface area contributed by atoms with Crippen molar-refractivity contribution in [2.24, 2.45) is 5.92 Å². The van der Waals surface area contributed by atoms with Crippen LogP contribution < -0.4 is 16.0 Å². The number of hydrogen-bond acceptors (Lipinski definition) is 4. The fraction of sp³-hybridized carbons (Fsp3) is 0.750. The number of carbonyl (C=O) groups excluding carboxylic acids is 2. The summed E-state index contributed by atoms with van der Waals surface area (Å²) in [5, 5.41) is 16.9. The van der Waals surface area contributed by atoms with Crippen molar-refractivity contribution in [3.63, 3.8) is 0 Å². The molecule has 2 unspecified atom stereocenters. The van der Waals surface area contributed by atoms with Crippen molar-refractivity contribution < 1.29 is 19.5 Å². The Kier molecular flexibility index (Phi) is 6.23. The lowest BCUT2D eigenvalue weighted by atomic mass is 10.0. The van der Waals surface area contributed by atoms with E-state index < -0.39 is 24.0 Å². The molecule has 4 N–H and O–H groups in total. The lowest BCUT2D eigenvalue weighted by Crippen LogP contribution is -2.51. The average molecular weight is 286 g/mol. The van der Waals surface area contributed by atoms with Crippen LogP contribution in [0.3, 0.4) is 0 Å². The van der Waals surface area contributed by atoms with Crippen LogP contribution in [0.2, 0.25) is 0 Å². The molecule has 1 aliphatic heterocycles. The predicted molar refractivity (Wildman–Crippen MR) is 72.2 cm³/mol. The predicted octanol–water partition coefficient (Wildman–Crippen LogP) is -1.17. The van der Waals surface area contributed by atoms with E-state index in [2.05, 4.69) is 16.0 Å². The highest BCUT2D eigenvalue weighted by Crippen LogP contribution is 2.01. The van der Waals surface area contributed by atoms with E-state index in [4.69, 9.17) is 5.11 Å². The van der Waals surface area contributed by atoms with E-state index in [0.717, 1.165) is 13.1 Å². The second-order valence-corrected chi connectivity index (χ2v) is 4.87. The highest BCUT2D eigenvalue weighted by Gasteiger charge is 2.21. The van der Waals surface area contributed by atoms with Crippen molar-refractivity contribution in [3.8, 4) is 0 Å². The molecule has 0 aromatic heterocycles. The van der Waals surface area contributed by atoms with Crippen molar-refractivity contribution in [2.75, 3.05) is 32.7 Å². The van der Waals surface area contributed by atoms with E-state index in [0.29, 0.717) is 13.1 Å². The summed E-state index contributed by atoms with van der Waals surface area (Å²) in [4.78, 5) is 35.8. The average Bonchev–Trinajstić information content (AvgIpc) is 2.44. The Morgan fingerprint density at radius 2 is 1.85 bits per heavy atom. The molecular weight excluding hydrogens is 264 g/mol. The van der Waals surface area contributed by atoms with Gasteiger partial charge < -0.3 is 26.0 Å². The van der Waals surface area contributed by atoms with E-state index in [-0.39, 0.29) is 12.5 Å². The van der Waals surface area contributed by atoms with E-state index in [1.165, 1.54) is 6.92 Å². The van der Waals surface area contributed by atoms with Gasteiger partial charge in [-0.2, -0.15) is 0 Å². The van der Waals surface area contributed by atoms with Crippen LogP contribution in [0.1, 0.15) is 13.8 Å². The number of hydrogen-bond donors (Lipinski definition) is 4. The number of nitrogens with zero attached hydrogens (tertiary/aromatic N) is 1. The lowest BCUT2D eigenvalue weighted by molar-refractivity contribution is -0.141. The molecule has 20 heavy (non-hydrogen) atoms. The summed E-state index contributed by atoms with van der Waals surface area (Å²) in [7, 11) is 0. The van der Waals surface area contributed by atoms with Crippen molar-refractivity contribution in [2.45, 2.75) is 19.9 Å². The number of carbonyl (C=O) groups is 3. The summed E-state index contributed by atoms with van der Waals surface area (Å²) in [5.74, 6) is -1.81. The zero-order valence-corrected chi connectivity index (χ0v) is 11.8. The summed E-state index contributed by atoms with van der Waals surface area (Å²) in [6.07, 6.45) is 0. The van der Waals surface area contributed by atoms with E-state index in [9.17, 15) is 14.4 Å². The maximum absolute atomic E-state index is 11.8. The molecule has 3 amide bonds. The van der Waals surface area contributed by atoms with Gasteiger partial charge in [-0.05, 0) is 13.8 Å². The number of piperazine rings is 1. The Morgan fingerprint density at radius 3 is 2.40 bits per heavy atom. The quantitative estimate of drug-likeness (QED) is 0.509. The number of amides is 3. The minimum atomic E-state index is -0.977. The van der Waals surface area contributed by atoms with Gasteiger partial charge in [0.2, 0.25) is 5.91 Å².